The molecule has 2 aromatic carbocycles. The van der Waals surface area contributed by atoms with Crippen molar-refractivity contribution in [1.29, 1.82) is 0 Å². The number of hydrogen-bond acceptors (Lipinski definition) is 2. The van der Waals surface area contributed by atoms with Crippen LogP contribution in [0, 0.1) is 6.92 Å². The van der Waals surface area contributed by atoms with E-state index in [0.29, 0.717) is 11.7 Å². The summed E-state index contributed by atoms with van der Waals surface area (Å²) in [5, 5.41) is 7.77. The number of halogens is 1. The lowest BCUT2D eigenvalue weighted by molar-refractivity contribution is 0.296. The summed E-state index contributed by atoms with van der Waals surface area (Å²) < 4.78 is 0. The molecule has 3 nitrogen and oxygen atoms in total. The van der Waals surface area contributed by atoms with Crippen molar-refractivity contribution in [2.45, 2.75) is 33.9 Å². The highest BCUT2D eigenvalue weighted by atomic mass is 35.5. The predicted octanol–water partition coefficient (Wildman–Crippen LogP) is 4.98. The minimum absolute atomic E-state index is 0.595. The Bertz CT molecular complexity index is 697. The largest absolute Gasteiger partial charge is 0.358 e. The molecular formula is C20H26ClN3S. The van der Waals surface area contributed by atoms with Gasteiger partial charge in [0.1, 0.15) is 0 Å². The Morgan fingerprint density at radius 1 is 1.04 bits per heavy atom. The summed E-state index contributed by atoms with van der Waals surface area (Å²) in [6, 6.07) is 14.4. The van der Waals surface area contributed by atoms with Gasteiger partial charge in [0, 0.05) is 23.8 Å². The molecule has 0 aliphatic carbocycles. The number of thiocarbonyl (C=S) groups is 1. The minimum atomic E-state index is 0.595. The van der Waals surface area contributed by atoms with Crippen LogP contribution in [0.2, 0.25) is 5.02 Å². The Hall–Kier alpha value is -1.62. The van der Waals surface area contributed by atoms with Crippen molar-refractivity contribution in [3.05, 3.63) is 64.2 Å². The third kappa shape index (κ3) is 5.99. The zero-order valence-electron chi connectivity index (χ0n) is 15.1. The normalized spacial score (nSPS) is 10.8. The zero-order chi connectivity index (χ0) is 18.2. The predicted molar refractivity (Wildman–Crippen MR) is 112 cm³/mol. The summed E-state index contributed by atoms with van der Waals surface area (Å²) in [6.45, 7) is 10.2. The first-order valence-corrected chi connectivity index (χ1v) is 9.42. The molecule has 0 atom stereocenters. The molecule has 0 heterocycles. The van der Waals surface area contributed by atoms with Crippen LogP contribution in [-0.4, -0.2) is 23.1 Å². The highest BCUT2D eigenvalue weighted by Crippen LogP contribution is 2.22. The monoisotopic (exact) mass is 375 g/mol. The fraction of sp³-hybridized carbons (Fsp3) is 0.350. The van der Waals surface area contributed by atoms with Crippen LogP contribution >= 0.6 is 23.8 Å². The van der Waals surface area contributed by atoms with Crippen LogP contribution in [0.1, 0.15) is 30.5 Å². The molecule has 0 amide bonds. The molecule has 2 aromatic rings. The van der Waals surface area contributed by atoms with Crippen LogP contribution in [0.5, 0.6) is 0 Å². The molecule has 0 fully saturated rings. The van der Waals surface area contributed by atoms with E-state index >= 15 is 0 Å². The molecule has 0 saturated heterocycles. The summed E-state index contributed by atoms with van der Waals surface area (Å²) in [6.07, 6.45) is 0. The van der Waals surface area contributed by atoms with E-state index < -0.39 is 0 Å². The third-order valence-corrected chi connectivity index (χ3v) is 4.95. The molecule has 0 radical (unpaired) electrons. The molecule has 134 valence electrons. The molecular weight excluding hydrogens is 350 g/mol. The Labute approximate surface area is 161 Å². The number of nitrogens with one attached hydrogen (secondary N) is 2. The maximum Gasteiger partial charge on any atom is 0.171 e. The quantitative estimate of drug-likeness (QED) is 0.667. The van der Waals surface area contributed by atoms with Crippen LogP contribution in [0.25, 0.3) is 0 Å². The summed E-state index contributed by atoms with van der Waals surface area (Å²) in [5.41, 5.74) is 4.46. The van der Waals surface area contributed by atoms with E-state index in [1.807, 2.05) is 25.1 Å². The zero-order valence-corrected chi connectivity index (χ0v) is 16.7. The van der Waals surface area contributed by atoms with Gasteiger partial charge in [-0.15, -0.1) is 0 Å². The SMILES string of the molecule is CCN(CC)Cc1ccc(CNC(=S)Nc2cccc(Cl)c2C)cc1. The van der Waals surface area contributed by atoms with E-state index in [-0.39, 0.29) is 0 Å². The molecule has 5 heteroatoms. The second kappa shape index (κ2) is 9.76. The van der Waals surface area contributed by atoms with Crippen molar-refractivity contribution in [3.63, 3.8) is 0 Å². The molecule has 0 aromatic heterocycles. The summed E-state index contributed by atoms with van der Waals surface area (Å²) in [5.74, 6) is 0. The van der Waals surface area contributed by atoms with Gasteiger partial charge in [-0.2, -0.15) is 0 Å². The highest BCUT2D eigenvalue weighted by Gasteiger charge is 2.05. The van der Waals surface area contributed by atoms with Crippen LogP contribution in [-0.2, 0) is 13.1 Å². The molecule has 0 saturated carbocycles. The topological polar surface area (TPSA) is 27.3 Å². The lowest BCUT2D eigenvalue weighted by Gasteiger charge is -2.18. The van der Waals surface area contributed by atoms with Gasteiger partial charge in [-0.1, -0.05) is 55.8 Å². The summed E-state index contributed by atoms with van der Waals surface area (Å²) in [4.78, 5) is 2.40. The molecule has 2 N–H and O–H groups in total. The average molecular weight is 376 g/mol. The van der Waals surface area contributed by atoms with E-state index in [1.54, 1.807) is 0 Å². The third-order valence-electron chi connectivity index (χ3n) is 4.29. The van der Waals surface area contributed by atoms with Gasteiger partial charge in [0.2, 0.25) is 0 Å². The average Bonchev–Trinajstić information content (AvgIpc) is 2.63. The standard InChI is InChI=1S/C20H26ClN3S/c1-4-24(5-2)14-17-11-9-16(10-12-17)13-22-20(25)23-19-8-6-7-18(21)15(19)3/h6-12H,4-5,13-14H2,1-3H3,(H2,22,23,25). The number of anilines is 1. The Morgan fingerprint density at radius 3 is 2.32 bits per heavy atom. The smallest absolute Gasteiger partial charge is 0.171 e. The first-order valence-electron chi connectivity index (χ1n) is 8.63. The minimum Gasteiger partial charge on any atom is -0.358 e. The Kier molecular flexibility index (Phi) is 7.69. The van der Waals surface area contributed by atoms with Crippen molar-refractivity contribution in [1.82, 2.24) is 10.2 Å². The van der Waals surface area contributed by atoms with Gasteiger partial charge in [0.05, 0.1) is 0 Å². The van der Waals surface area contributed by atoms with Gasteiger partial charge in [-0.05, 0) is 61.1 Å². The summed E-state index contributed by atoms with van der Waals surface area (Å²) >= 11 is 11.5. The molecule has 0 spiro atoms. The maximum atomic E-state index is 6.13. The molecule has 0 bridgehead atoms. The van der Waals surface area contributed by atoms with Gasteiger partial charge in [-0.3, -0.25) is 4.90 Å². The van der Waals surface area contributed by atoms with Crippen molar-refractivity contribution in [2.75, 3.05) is 18.4 Å². The lowest BCUT2D eigenvalue weighted by Crippen LogP contribution is -2.28. The number of hydrogen-bond donors (Lipinski definition) is 2. The van der Waals surface area contributed by atoms with Gasteiger partial charge >= 0.3 is 0 Å². The molecule has 0 aliphatic rings. The first-order chi connectivity index (χ1) is 12.0. The second-order valence-corrected chi connectivity index (χ2v) is 6.81. The maximum absolute atomic E-state index is 6.13. The number of rotatable bonds is 7. The van der Waals surface area contributed by atoms with E-state index in [1.165, 1.54) is 11.1 Å². The number of nitrogens with zero attached hydrogens (tertiary/aromatic N) is 1. The van der Waals surface area contributed by atoms with Crippen molar-refractivity contribution in [3.8, 4) is 0 Å². The van der Waals surface area contributed by atoms with E-state index in [4.69, 9.17) is 23.8 Å². The molecule has 0 aliphatic heterocycles. The Morgan fingerprint density at radius 2 is 1.68 bits per heavy atom. The van der Waals surface area contributed by atoms with E-state index in [9.17, 15) is 0 Å². The Balaban J connectivity index is 1.86. The fourth-order valence-electron chi connectivity index (χ4n) is 2.56. The molecule has 0 unspecified atom stereocenters. The van der Waals surface area contributed by atoms with Crippen LogP contribution in [0.3, 0.4) is 0 Å². The van der Waals surface area contributed by atoms with Gasteiger partial charge in [-0.25, -0.2) is 0 Å². The van der Waals surface area contributed by atoms with E-state index in [2.05, 4.69) is 53.6 Å². The summed E-state index contributed by atoms with van der Waals surface area (Å²) in [7, 11) is 0. The van der Waals surface area contributed by atoms with Crippen molar-refractivity contribution in [2.24, 2.45) is 0 Å². The van der Waals surface area contributed by atoms with Gasteiger partial charge in [0.15, 0.2) is 5.11 Å². The van der Waals surface area contributed by atoms with Crippen LogP contribution in [0.4, 0.5) is 5.69 Å². The fourth-order valence-corrected chi connectivity index (χ4v) is 2.92. The second-order valence-electron chi connectivity index (χ2n) is 6.00. The number of benzene rings is 2. The van der Waals surface area contributed by atoms with E-state index in [0.717, 1.165) is 35.9 Å². The van der Waals surface area contributed by atoms with Crippen molar-refractivity contribution < 1.29 is 0 Å². The molecule has 2 rings (SSSR count). The lowest BCUT2D eigenvalue weighted by atomic mass is 10.1. The highest BCUT2D eigenvalue weighted by molar-refractivity contribution is 7.80. The van der Waals surface area contributed by atoms with Crippen LogP contribution in [0.15, 0.2) is 42.5 Å². The molecule has 25 heavy (non-hydrogen) atoms. The first kappa shape index (κ1) is 19.7. The van der Waals surface area contributed by atoms with Crippen LogP contribution < -0.4 is 10.6 Å². The van der Waals surface area contributed by atoms with Gasteiger partial charge in [0.25, 0.3) is 0 Å². The van der Waals surface area contributed by atoms with Gasteiger partial charge < -0.3 is 10.6 Å². The van der Waals surface area contributed by atoms with Crippen molar-refractivity contribution >= 4 is 34.6 Å².